The number of imidazole rings is 1. The van der Waals surface area contributed by atoms with E-state index in [4.69, 9.17) is 11.6 Å². The molecule has 1 aromatic heterocycles. The minimum absolute atomic E-state index is 0.259. The fourth-order valence-electron chi connectivity index (χ4n) is 3.00. The zero-order valence-electron chi connectivity index (χ0n) is 12.9. The Morgan fingerprint density at radius 1 is 1.16 bits per heavy atom. The van der Waals surface area contributed by atoms with Gasteiger partial charge in [0, 0.05) is 16.1 Å². The van der Waals surface area contributed by atoms with Gasteiger partial charge >= 0.3 is 0 Å². The second-order valence-corrected chi connectivity index (χ2v) is 6.02. The van der Waals surface area contributed by atoms with E-state index in [-0.39, 0.29) is 17.9 Å². The second-order valence-electron chi connectivity index (χ2n) is 5.59. The van der Waals surface area contributed by atoms with Crippen LogP contribution >= 0.6 is 11.6 Å². The van der Waals surface area contributed by atoms with E-state index < -0.39 is 12.0 Å². The van der Waals surface area contributed by atoms with Crippen LogP contribution in [0, 0.1) is 5.82 Å². The van der Waals surface area contributed by atoms with Crippen LogP contribution in [0.25, 0.3) is 5.69 Å². The lowest BCUT2D eigenvalue weighted by molar-refractivity contribution is 0.181. The molecule has 0 radical (unpaired) electrons. The predicted octanol–water partition coefficient (Wildman–Crippen LogP) is 3.00. The number of fused-ring (bicyclic) bond motifs is 3. The molecule has 3 aromatic rings. The maximum absolute atomic E-state index is 14.4. The third-order valence-corrected chi connectivity index (χ3v) is 4.34. The van der Waals surface area contributed by atoms with Gasteiger partial charge in [-0.2, -0.15) is 0 Å². The first-order chi connectivity index (χ1) is 12.1. The van der Waals surface area contributed by atoms with Crippen molar-refractivity contribution in [1.29, 1.82) is 0 Å². The predicted molar refractivity (Wildman–Crippen MR) is 91.5 cm³/mol. The maximum atomic E-state index is 14.4. The Kier molecular flexibility index (Phi) is 3.88. The minimum atomic E-state index is -1.26. The van der Waals surface area contributed by atoms with E-state index in [0.29, 0.717) is 27.8 Å². The number of aliphatic hydroxyl groups excluding tert-OH is 2. The number of rotatable bonds is 2. The summed E-state index contributed by atoms with van der Waals surface area (Å²) in [7, 11) is 0. The molecule has 0 saturated carbocycles. The van der Waals surface area contributed by atoms with Crippen LogP contribution in [-0.2, 0) is 6.61 Å². The fourth-order valence-corrected chi connectivity index (χ4v) is 3.17. The Morgan fingerprint density at radius 2 is 1.96 bits per heavy atom. The smallest absolute Gasteiger partial charge is 0.189 e. The summed E-state index contributed by atoms with van der Waals surface area (Å²) in [6, 6.07) is 11.3. The van der Waals surface area contributed by atoms with Crippen LogP contribution in [0.1, 0.15) is 28.9 Å². The summed E-state index contributed by atoms with van der Waals surface area (Å²) in [5, 5.41) is 20.6. The Hall–Kier alpha value is -2.54. The van der Waals surface area contributed by atoms with Crippen molar-refractivity contribution in [2.24, 2.45) is 4.99 Å². The SMILES string of the molecule is OCc1ncc2n1-c1ccc(Cl)cc1C(c1ccccc1F)=N[C@H]2O. The average Bonchev–Trinajstić information content (AvgIpc) is 2.99. The van der Waals surface area contributed by atoms with E-state index in [9.17, 15) is 14.6 Å². The number of aromatic nitrogens is 2. The number of aliphatic hydroxyl groups is 2. The van der Waals surface area contributed by atoms with Gasteiger partial charge in [0.25, 0.3) is 0 Å². The topological polar surface area (TPSA) is 70.6 Å². The van der Waals surface area contributed by atoms with Crippen molar-refractivity contribution in [3.63, 3.8) is 0 Å². The number of halogens is 2. The second kappa shape index (κ2) is 6.07. The van der Waals surface area contributed by atoms with Crippen LogP contribution in [0.3, 0.4) is 0 Å². The van der Waals surface area contributed by atoms with E-state index in [1.807, 2.05) is 0 Å². The maximum Gasteiger partial charge on any atom is 0.189 e. The van der Waals surface area contributed by atoms with Gasteiger partial charge in [0.15, 0.2) is 6.23 Å². The molecule has 0 saturated heterocycles. The van der Waals surface area contributed by atoms with Crippen molar-refractivity contribution in [3.8, 4) is 5.69 Å². The molecule has 5 nitrogen and oxygen atoms in total. The number of aliphatic imine (C=N–C) groups is 1. The summed E-state index contributed by atoms with van der Waals surface area (Å²) in [4.78, 5) is 8.43. The molecule has 2 heterocycles. The van der Waals surface area contributed by atoms with Crippen LogP contribution in [0.5, 0.6) is 0 Å². The van der Waals surface area contributed by atoms with Crippen LogP contribution in [0.4, 0.5) is 4.39 Å². The number of nitrogens with zero attached hydrogens (tertiary/aromatic N) is 3. The summed E-state index contributed by atoms with van der Waals surface area (Å²) in [6.07, 6.45) is 0.191. The summed E-state index contributed by atoms with van der Waals surface area (Å²) in [5.41, 5.74) is 2.09. The molecule has 1 atom stereocenters. The van der Waals surface area contributed by atoms with Crippen LogP contribution in [0.2, 0.25) is 5.02 Å². The molecule has 126 valence electrons. The molecule has 0 aliphatic carbocycles. The highest BCUT2D eigenvalue weighted by molar-refractivity contribution is 6.31. The van der Waals surface area contributed by atoms with Crippen molar-refractivity contribution in [3.05, 3.63) is 82.1 Å². The molecule has 1 aliphatic rings. The van der Waals surface area contributed by atoms with Gasteiger partial charge in [-0.25, -0.2) is 14.4 Å². The van der Waals surface area contributed by atoms with E-state index in [1.54, 1.807) is 41.0 Å². The molecule has 0 bridgehead atoms. The molecule has 4 rings (SSSR count). The van der Waals surface area contributed by atoms with Gasteiger partial charge in [0.2, 0.25) is 0 Å². The monoisotopic (exact) mass is 357 g/mol. The van der Waals surface area contributed by atoms with Crippen LogP contribution < -0.4 is 0 Å². The lowest BCUT2D eigenvalue weighted by atomic mass is 10.00. The number of hydrogen-bond donors (Lipinski definition) is 2. The normalized spacial score (nSPS) is 16.0. The zero-order chi connectivity index (χ0) is 17.6. The van der Waals surface area contributed by atoms with Gasteiger partial charge in [-0.1, -0.05) is 23.7 Å². The van der Waals surface area contributed by atoms with Crippen LogP contribution in [0.15, 0.2) is 53.7 Å². The van der Waals surface area contributed by atoms with E-state index >= 15 is 0 Å². The first-order valence-corrected chi connectivity index (χ1v) is 7.96. The van der Waals surface area contributed by atoms with Crippen molar-refractivity contribution in [1.82, 2.24) is 9.55 Å². The van der Waals surface area contributed by atoms with E-state index in [1.165, 1.54) is 12.3 Å². The highest BCUT2D eigenvalue weighted by Crippen LogP contribution is 2.32. The Morgan fingerprint density at radius 3 is 2.72 bits per heavy atom. The minimum Gasteiger partial charge on any atom is -0.388 e. The van der Waals surface area contributed by atoms with E-state index in [0.717, 1.165) is 0 Å². The van der Waals surface area contributed by atoms with Gasteiger partial charge in [-0.3, -0.25) is 4.57 Å². The van der Waals surface area contributed by atoms with Crippen molar-refractivity contribution in [2.45, 2.75) is 12.8 Å². The molecule has 2 aromatic carbocycles. The molecule has 2 N–H and O–H groups in total. The quantitative estimate of drug-likeness (QED) is 0.740. The third-order valence-electron chi connectivity index (χ3n) is 4.10. The number of benzene rings is 2. The van der Waals surface area contributed by atoms with Crippen molar-refractivity contribution < 1.29 is 14.6 Å². The molecular weight excluding hydrogens is 345 g/mol. The highest BCUT2D eigenvalue weighted by Gasteiger charge is 2.27. The van der Waals surface area contributed by atoms with Crippen LogP contribution in [-0.4, -0.2) is 25.5 Å². The van der Waals surface area contributed by atoms with Crippen molar-refractivity contribution >= 4 is 17.3 Å². The van der Waals surface area contributed by atoms with Gasteiger partial charge in [-0.15, -0.1) is 0 Å². The lowest BCUT2D eigenvalue weighted by Crippen LogP contribution is -2.10. The van der Waals surface area contributed by atoms with Gasteiger partial charge in [0.05, 0.1) is 23.3 Å². The van der Waals surface area contributed by atoms with Gasteiger partial charge in [-0.05, 0) is 30.3 Å². The molecular formula is C18H13ClFN3O2. The average molecular weight is 358 g/mol. The molecule has 0 unspecified atom stereocenters. The lowest BCUT2D eigenvalue weighted by Gasteiger charge is -2.14. The van der Waals surface area contributed by atoms with E-state index in [2.05, 4.69) is 9.98 Å². The summed E-state index contributed by atoms with van der Waals surface area (Å²) in [6.45, 7) is -0.316. The van der Waals surface area contributed by atoms with Gasteiger partial charge < -0.3 is 10.2 Å². The Bertz CT molecular complexity index is 1000. The molecule has 0 amide bonds. The molecule has 0 fully saturated rings. The fraction of sp³-hybridized carbons (Fsp3) is 0.111. The zero-order valence-corrected chi connectivity index (χ0v) is 13.7. The number of hydrogen-bond acceptors (Lipinski definition) is 4. The third kappa shape index (κ3) is 2.55. The van der Waals surface area contributed by atoms with Gasteiger partial charge in [0.1, 0.15) is 18.2 Å². The summed E-state index contributed by atoms with van der Waals surface area (Å²) in [5.74, 6) is -0.103. The first kappa shape index (κ1) is 16.0. The molecule has 1 aliphatic heterocycles. The Balaban J connectivity index is 2.06. The Labute approximate surface area is 147 Å². The standard InChI is InChI=1S/C18H13ClFN3O2/c19-10-5-6-14-12(7-10)17(11-3-1-2-4-13(11)20)22-18(25)15-8-21-16(9-24)23(14)15/h1-8,18,24-25H,9H2/t18-/m0/s1. The molecule has 7 heteroatoms. The molecule has 25 heavy (non-hydrogen) atoms. The first-order valence-electron chi connectivity index (χ1n) is 7.58. The highest BCUT2D eigenvalue weighted by atomic mass is 35.5. The largest absolute Gasteiger partial charge is 0.388 e. The van der Waals surface area contributed by atoms with Crippen molar-refractivity contribution in [2.75, 3.05) is 0 Å². The summed E-state index contributed by atoms with van der Waals surface area (Å²) >= 11 is 6.15. The summed E-state index contributed by atoms with van der Waals surface area (Å²) < 4.78 is 16.0. The molecule has 0 spiro atoms.